The standard InChI is InChI=1S/C23H27NO3/c1-13(2)6-5-9-23(4)21(27-23)11-17-19(25)8-7-15-16-10-14(3)20(26)12-18(16)24-22(15)17/h6-8,10,12,21,24-26H,5,9,11H2,1-4H3/t21-,23-/m1/s1. The molecule has 1 fully saturated rings. The van der Waals surface area contributed by atoms with E-state index in [0.29, 0.717) is 6.42 Å². The lowest BCUT2D eigenvalue weighted by atomic mass is 9.95. The molecule has 4 heteroatoms. The Balaban J connectivity index is 1.66. The van der Waals surface area contributed by atoms with Gasteiger partial charge in [0.1, 0.15) is 11.5 Å². The number of phenols is 2. The highest BCUT2D eigenvalue weighted by molar-refractivity contribution is 6.09. The summed E-state index contributed by atoms with van der Waals surface area (Å²) in [5, 5.41) is 22.6. The maximum atomic E-state index is 10.5. The van der Waals surface area contributed by atoms with Crippen LogP contribution in [0.1, 0.15) is 44.7 Å². The van der Waals surface area contributed by atoms with Crippen molar-refractivity contribution in [3.8, 4) is 11.5 Å². The van der Waals surface area contributed by atoms with E-state index in [-0.39, 0.29) is 23.2 Å². The molecule has 1 aliphatic rings. The second-order valence-corrected chi connectivity index (χ2v) is 8.24. The van der Waals surface area contributed by atoms with Gasteiger partial charge in [-0.15, -0.1) is 0 Å². The maximum absolute atomic E-state index is 10.5. The number of nitrogens with one attached hydrogen (secondary N) is 1. The lowest BCUT2D eigenvalue weighted by Crippen LogP contribution is -2.11. The van der Waals surface area contributed by atoms with E-state index < -0.39 is 0 Å². The van der Waals surface area contributed by atoms with Gasteiger partial charge in [0.25, 0.3) is 0 Å². The van der Waals surface area contributed by atoms with Gasteiger partial charge in [-0.1, -0.05) is 11.6 Å². The third kappa shape index (κ3) is 3.19. The summed E-state index contributed by atoms with van der Waals surface area (Å²) in [4.78, 5) is 3.39. The number of aryl methyl sites for hydroxylation is 1. The van der Waals surface area contributed by atoms with Crippen molar-refractivity contribution < 1.29 is 14.9 Å². The van der Waals surface area contributed by atoms with Crippen LogP contribution in [0.25, 0.3) is 21.8 Å². The minimum absolute atomic E-state index is 0.112. The highest BCUT2D eigenvalue weighted by Gasteiger charge is 2.51. The van der Waals surface area contributed by atoms with E-state index in [1.165, 1.54) is 5.57 Å². The van der Waals surface area contributed by atoms with Gasteiger partial charge in [-0.2, -0.15) is 0 Å². The highest BCUT2D eigenvalue weighted by Crippen LogP contribution is 2.45. The maximum Gasteiger partial charge on any atom is 0.120 e. The molecule has 4 nitrogen and oxygen atoms in total. The molecule has 2 aromatic carbocycles. The Morgan fingerprint density at radius 1 is 1.19 bits per heavy atom. The molecule has 2 heterocycles. The molecule has 0 amide bonds. The zero-order valence-corrected chi connectivity index (χ0v) is 16.4. The molecule has 2 atom stereocenters. The van der Waals surface area contributed by atoms with E-state index in [0.717, 1.165) is 45.8 Å². The Morgan fingerprint density at radius 2 is 1.96 bits per heavy atom. The highest BCUT2D eigenvalue weighted by atomic mass is 16.6. The summed E-state index contributed by atoms with van der Waals surface area (Å²) in [5.74, 6) is 0.564. The number of epoxide rings is 1. The molecule has 0 unspecified atom stereocenters. The largest absolute Gasteiger partial charge is 0.508 e. The normalized spacial score (nSPS) is 21.7. The van der Waals surface area contributed by atoms with E-state index >= 15 is 0 Å². The molecule has 0 saturated carbocycles. The number of allylic oxidation sites excluding steroid dienone is 2. The van der Waals surface area contributed by atoms with Crippen LogP contribution in [0, 0.1) is 6.92 Å². The molecular weight excluding hydrogens is 338 g/mol. The van der Waals surface area contributed by atoms with Crippen molar-refractivity contribution in [3.05, 3.63) is 47.0 Å². The van der Waals surface area contributed by atoms with Crippen LogP contribution in [0.15, 0.2) is 35.9 Å². The van der Waals surface area contributed by atoms with Gasteiger partial charge in [-0.05, 0) is 64.3 Å². The van der Waals surface area contributed by atoms with Gasteiger partial charge in [-0.3, -0.25) is 0 Å². The molecule has 3 N–H and O–H groups in total. The van der Waals surface area contributed by atoms with Crippen LogP contribution in [0.5, 0.6) is 11.5 Å². The summed E-state index contributed by atoms with van der Waals surface area (Å²) in [6.45, 7) is 8.27. The van der Waals surface area contributed by atoms with Crippen molar-refractivity contribution >= 4 is 21.8 Å². The predicted octanol–water partition coefficient (Wildman–Crippen LogP) is 5.49. The third-order valence-corrected chi connectivity index (χ3v) is 5.79. The molecule has 0 radical (unpaired) electrons. The van der Waals surface area contributed by atoms with Gasteiger partial charge in [0.15, 0.2) is 0 Å². The van der Waals surface area contributed by atoms with Crippen molar-refractivity contribution in [3.63, 3.8) is 0 Å². The quantitative estimate of drug-likeness (QED) is 0.414. The number of ether oxygens (including phenoxy) is 1. The Kier molecular flexibility index (Phi) is 4.19. The van der Waals surface area contributed by atoms with Crippen LogP contribution in [0.2, 0.25) is 0 Å². The monoisotopic (exact) mass is 365 g/mol. The van der Waals surface area contributed by atoms with Gasteiger partial charge < -0.3 is 19.9 Å². The van der Waals surface area contributed by atoms with Crippen molar-refractivity contribution in [2.75, 3.05) is 0 Å². The van der Waals surface area contributed by atoms with Gasteiger partial charge in [-0.25, -0.2) is 0 Å². The molecule has 0 bridgehead atoms. The van der Waals surface area contributed by atoms with E-state index in [2.05, 4.69) is 31.8 Å². The first-order chi connectivity index (χ1) is 12.8. The summed E-state index contributed by atoms with van der Waals surface area (Å²) in [5.41, 5.74) is 4.74. The number of fused-ring (bicyclic) bond motifs is 3. The summed E-state index contributed by atoms with van der Waals surface area (Å²) in [6, 6.07) is 7.44. The fourth-order valence-corrected chi connectivity index (χ4v) is 3.97. The molecule has 1 aromatic heterocycles. The van der Waals surface area contributed by atoms with Crippen molar-refractivity contribution in [2.45, 2.75) is 58.7 Å². The number of aromatic hydroxyl groups is 2. The molecule has 4 rings (SSSR count). The molecule has 0 aliphatic carbocycles. The SMILES string of the molecule is CC(C)=CCC[C@@]1(C)O[C@@H]1Cc1c(O)ccc2c1[nH]c1cc(O)c(C)cc12. The van der Waals surface area contributed by atoms with E-state index in [9.17, 15) is 10.2 Å². The van der Waals surface area contributed by atoms with Crippen molar-refractivity contribution in [2.24, 2.45) is 0 Å². The molecule has 27 heavy (non-hydrogen) atoms. The second kappa shape index (κ2) is 6.31. The van der Waals surface area contributed by atoms with Crippen molar-refractivity contribution in [1.29, 1.82) is 0 Å². The number of aromatic nitrogens is 1. The number of H-pyrrole nitrogens is 1. The number of hydrogen-bond acceptors (Lipinski definition) is 3. The van der Waals surface area contributed by atoms with Crippen LogP contribution in [-0.2, 0) is 11.2 Å². The number of benzene rings is 2. The van der Waals surface area contributed by atoms with Gasteiger partial charge in [0.05, 0.1) is 22.7 Å². The van der Waals surface area contributed by atoms with Crippen molar-refractivity contribution in [1.82, 2.24) is 4.98 Å². The van der Waals surface area contributed by atoms with E-state index in [4.69, 9.17) is 4.74 Å². The van der Waals surface area contributed by atoms with Crippen LogP contribution < -0.4 is 0 Å². The number of phenolic OH excluding ortho intramolecular Hbond substituents is 2. The predicted molar refractivity (Wildman–Crippen MR) is 110 cm³/mol. The zero-order chi connectivity index (χ0) is 19.3. The Morgan fingerprint density at radius 3 is 2.70 bits per heavy atom. The molecule has 1 aliphatic heterocycles. The molecule has 1 saturated heterocycles. The summed E-state index contributed by atoms with van der Waals surface area (Å²) in [6.07, 6.45) is 5.03. The first-order valence-corrected chi connectivity index (χ1v) is 9.55. The minimum atomic E-state index is -0.124. The van der Waals surface area contributed by atoms with Crippen LogP contribution >= 0.6 is 0 Å². The number of rotatable bonds is 5. The average molecular weight is 365 g/mol. The van der Waals surface area contributed by atoms with Crippen LogP contribution in [0.4, 0.5) is 0 Å². The van der Waals surface area contributed by atoms with Gasteiger partial charge >= 0.3 is 0 Å². The fourth-order valence-electron chi connectivity index (χ4n) is 3.97. The Bertz CT molecular complexity index is 1060. The van der Waals surface area contributed by atoms with Gasteiger partial charge in [0, 0.05) is 28.8 Å². The molecule has 142 valence electrons. The summed E-state index contributed by atoms with van der Waals surface area (Å²) < 4.78 is 6.01. The Hall–Kier alpha value is -2.46. The van der Waals surface area contributed by atoms with E-state index in [1.54, 1.807) is 12.1 Å². The summed E-state index contributed by atoms with van der Waals surface area (Å²) in [7, 11) is 0. The zero-order valence-electron chi connectivity index (χ0n) is 16.4. The lowest BCUT2D eigenvalue weighted by Gasteiger charge is -2.07. The first kappa shape index (κ1) is 17.9. The number of hydrogen-bond donors (Lipinski definition) is 3. The number of aromatic amines is 1. The summed E-state index contributed by atoms with van der Waals surface area (Å²) >= 11 is 0. The van der Waals surface area contributed by atoms with Crippen LogP contribution in [0.3, 0.4) is 0 Å². The second-order valence-electron chi connectivity index (χ2n) is 8.24. The fraction of sp³-hybridized carbons (Fsp3) is 0.391. The molecule has 3 aromatic rings. The Labute approximate surface area is 159 Å². The first-order valence-electron chi connectivity index (χ1n) is 9.55. The minimum Gasteiger partial charge on any atom is -0.508 e. The molecule has 0 spiro atoms. The lowest BCUT2D eigenvalue weighted by molar-refractivity contribution is 0.297. The third-order valence-electron chi connectivity index (χ3n) is 5.79. The molecular formula is C23H27NO3. The van der Waals surface area contributed by atoms with E-state index in [1.807, 2.05) is 19.1 Å². The average Bonchev–Trinajstić information content (AvgIpc) is 3.09. The van der Waals surface area contributed by atoms with Gasteiger partial charge in [0.2, 0.25) is 0 Å². The smallest absolute Gasteiger partial charge is 0.120 e. The topological polar surface area (TPSA) is 68.8 Å². The van der Waals surface area contributed by atoms with Crippen LogP contribution in [-0.4, -0.2) is 26.9 Å².